The Labute approximate surface area is 160 Å². The van der Waals surface area contributed by atoms with Crippen molar-refractivity contribution < 1.29 is 9.53 Å². The molecule has 0 radical (unpaired) electrons. The Balaban J connectivity index is 2.14. The molecule has 2 aromatic carbocycles. The highest BCUT2D eigenvalue weighted by atomic mass is 35.5. The van der Waals surface area contributed by atoms with E-state index in [9.17, 15) is 4.79 Å². The zero-order chi connectivity index (χ0) is 19.3. The molecular weight excluding hydrogens is 350 g/mol. The molecule has 0 bridgehead atoms. The van der Waals surface area contributed by atoms with E-state index in [0.29, 0.717) is 34.6 Å². The minimum Gasteiger partial charge on any atom is -0.496 e. The number of methoxy groups -OCH3 is 1. The lowest BCUT2D eigenvalue weighted by molar-refractivity contribution is 0.0947. The standard InChI is InChI=1S/C20H26ClN3O2/c1-13(2)24(3)12-15-8-6-5-7-14(15)11-23-20(25)16-9-17(21)18(22)10-19(16)26-4/h5-10,13H,11-12,22H2,1-4H3,(H,23,25). The van der Waals surface area contributed by atoms with Gasteiger partial charge in [0.1, 0.15) is 5.75 Å². The van der Waals surface area contributed by atoms with Gasteiger partial charge in [0.15, 0.2) is 0 Å². The molecule has 0 aromatic heterocycles. The predicted molar refractivity (Wildman–Crippen MR) is 107 cm³/mol. The molecule has 0 fully saturated rings. The smallest absolute Gasteiger partial charge is 0.255 e. The summed E-state index contributed by atoms with van der Waals surface area (Å²) >= 11 is 6.05. The summed E-state index contributed by atoms with van der Waals surface area (Å²) < 4.78 is 5.25. The Morgan fingerprint density at radius 3 is 2.54 bits per heavy atom. The van der Waals surface area contributed by atoms with Crippen molar-refractivity contribution in [3.63, 3.8) is 0 Å². The Hall–Kier alpha value is -2.24. The van der Waals surface area contributed by atoms with Gasteiger partial charge in [0, 0.05) is 25.2 Å². The lowest BCUT2D eigenvalue weighted by Crippen LogP contribution is -2.28. The molecule has 6 heteroatoms. The van der Waals surface area contributed by atoms with Crippen LogP contribution in [0.25, 0.3) is 0 Å². The van der Waals surface area contributed by atoms with Crippen molar-refractivity contribution in [1.82, 2.24) is 10.2 Å². The van der Waals surface area contributed by atoms with Gasteiger partial charge in [-0.1, -0.05) is 35.9 Å². The van der Waals surface area contributed by atoms with E-state index in [1.54, 1.807) is 6.07 Å². The van der Waals surface area contributed by atoms with E-state index >= 15 is 0 Å². The molecule has 0 aliphatic rings. The van der Waals surface area contributed by atoms with Crippen LogP contribution in [-0.4, -0.2) is 31.0 Å². The number of nitrogens with zero attached hydrogens (tertiary/aromatic N) is 1. The molecule has 0 spiro atoms. The maximum Gasteiger partial charge on any atom is 0.255 e. The summed E-state index contributed by atoms with van der Waals surface area (Å²) in [5.74, 6) is 0.146. The van der Waals surface area contributed by atoms with Crippen molar-refractivity contribution in [1.29, 1.82) is 0 Å². The molecule has 0 heterocycles. The average molecular weight is 376 g/mol. The topological polar surface area (TPSA) is 67.6 Å². The molecule has 0 atom stereocenters. The van der Waals surface area contributed by atoms with Crippen molar-refractivity contribution in [3.05, 3.63) is 58.1 Å². The third kappa shape index (κ3) is 4.90. The molecule has 26 heavy (non-hydrogen) atoms. The zero-order valence-corrected chi connectivity index (χ0v) is 16.4. The van der Waals surface area contributed by atoms with E-state index in [1.165, 1.54) is 18.7 Å². The maximum absolute atomic E-state index is 12.6. The number of carbonyl (C=O) groups excluding carboxylic acids is 1. The summed E-state index contributed by atoms with van der Waals surface area (Å²) in [6, 6.07) is 11.6. The fourth-order valence-electron chi connectivity index (χ4n) is 2.52. The number of anilines is 1. The first-order valence-corrected chi connectivity index (χ1v) is 8.89. The zero-order valence-electron chi connectivity index (χ0n) is 15.7. The summed E-state index contributed by atoms with van der Waals surface area (Å²) in [7, 11) is 3.58. The fourth-order valence-corrected chi connectivity index (χ4v) is 2.69. The van der Waals surface area contributed by atoms with Gasteiger partial charge in [-0.25, -0.2) is 0 Å². The number of halogens is 1. The van der Waals surface area contributed by atoms with Gasteiger partial charge in [-0.2, -0.15) is 0 Å². The number of nitrogen functional groups attached to an aromatic ring is 1. The van der Waals surface area contributed by atoms with Gasteiger partial charge < -0.3 is 15.8 Å². The molecule has 2 rings (SSSR count). The second kappa shape index (κ2) is 8.92. The van der Waals surface area contributed by atoms with Gasteiger partial charge in [0.25, 0.3) is 5.91 Å². The molecule has 0 aliphatic heterocycles. The number of rotatable bonds is 7. The Kier molecular flexibility index (Phi) is 6.89. The number of ether oxygens (including phenoxy) is 1. The molecular formula is C20H26ClN3O2. The van der Waals surface area contributed by atoms with Crippen LogP contribution in [0.3, 0.4) is 0 Å². The first kappa shape index (κ1) is 20.1. The number of carbonyl (C=O) groups is 1. The minimum atomic E-state index is -0.254. The second-order valence-corrected chi connectivity index (χ2v) is 6.94. The molecule has 3 N–H and O–H groups in total. The van der Waals surface area contributed by atoms with Gasteiger partial charge in [-0.3, -0.25) is 9.69 Å². The van der Waals surface area contributed by atoms with E-state index in [-0.39, 0.29) is 5.91 Å². The van der Waals surface area contributed by atoms with E-state index in [4.69, 9.17) is 22.1 Å². The summed E-state index contributed by atoms with van der Waals surface area (Å²) in [6.45, 7) is 5.55. The maximum atomic E-state index is 12.6. The SMILES string of the molecule is COc1cc(N)c(Cl)cc1C(=O)NCc1ccccc1CN(C)C(C)C. The Bertz CT molecular complexity index is 778. The van der Waals surface area contributed by atoms with Crippen molar-refractivity contribution in [2.75, 3.05) is 19.9 Å². The minimum absolute atomic E-state index is 0.254. The van der Waals surface area contributed by atoms with Gasteiger partial charge in [-0.05, 0) is 38.1 Å². The van der Waals surface area contributed by atoms with E-state index in [2.05, 4.69) is 37.2 Å². The van der Waals surface area contributed by atoms with Crippen LogP contribution in [0.2, 0.25) is 5.02 Å². The number of nitrogens with one attached hydrogen (secondary N) is 1. The van der Waals surface area contributed by atoms with Gasteiger partial charge in [0.05, 0.1) is 23.4 Å². The number of hydrogen-bond acceptors (Lipinski definition) is 4. The average Bonchev–Trinajstić information content (AvgIpc) is 2.62. The van der Waals surface area contributed by atoms with Crippen LogP contribution < -0.4 is 15.8 Å². The third-order valence-electron chi connectivity index (χ3n) is 4.42. The van der Waals surface area contributed by atoms with Gasteiger partial charge >= 0.3 is 0 Å². The monoisotopic (exact) mass is 375 g/mol. The quantitative estimate of drug-likeness (QED) is 0.724. The highest BCUT2D eigenvalue weighted by Gasteiger charge is 2.16. The van der Waals surface area contributed by atoms with Crippen molar-refractivity contribution in [3.8, 4) is 5.75 Å². The first-order chi connectivity index (χ1) is 12.3. The summed E-state index contributed by atoms with van der Waals surface area (Å²) in [5, 5.41) is 3.27. The van der Waals surface area contributed by atoms with Crippen molar-refractivity contribution in [2.45, 2.75) is 33.0 Å². The van der Waals surface area contributed by atoms with Crippen molar-refractivity contribution >= 4 is 23.2 Å². The molecule has 5 nitrogen and oxygen atoms in total. The lowest BCUT2D eigenvalue weighted by atomic mass is 10.1. The van der Waals surface area contributed by atoms with Crippen LogP contribution >= 0.6 is 11.6 Å². The third-order valence-corrected chi connectivity index (χ3v) is 4.75. The van der Waals surface area contributed by atoms with Crippen LogP contribution in [0.15, 0.2) is 36.4 Å². The van der Waals surface area contributed by atoms with Crippen LogP contribution in [0.1, 0.15) is 35.3 Å². The van der Waals surface area contributed by atoms with Crippen LogP contribution in [-0.2, 0) is 13.1 Å². The van der Waals surface area contributed by atoms with E-state index in [1.807, 2.05) is 18.2 Å². The van der Waals surface area contributed by atoms with Crippen LogP contribution in [0.5, 0.6) is 5.75 Å². The normalized spacial score (nSPS) is 11.0. The van der Waals surface area contributed by atoms with Crippen LogP contribution in [0, 0.1) is 0 Å². The largest absolute Gasteiger partial charge is 0.496 e. The van der Waals surface area contributed by atoms with Crippen molar-refractivity contribution in [2.24, 2.45) is 0 Å². The molecule has 2 aromatic rings. The second-order valence-electron chi connectivity index (χ2n) is 6.53. The molecule has 0 saturated carbocycles. The number of nitrogens with two attached hydrogens (primary N) is 1. The number of benzene rings is 2. The van der Waals surface area contributed by atoms with Gasteiger partial charge in [-0.15, -0.1) is 0 Å². The first-order valence-electron chi connectivity index (χ1n) is 8.51. The lowest BCUT2D eigenvalue weighted by Gasteiger charge is -2.22. The molecule has 0 aliphatic carbocycles. The fraction of sp³-hybridized carbons (Fsp3) is 0.350. The summed E-state index contributed by atoms with van der Waals surface area (Å²) in [4.78, 5) is 14.9. The van der Waals surface area contributed by atoms with Gasteiger partial charge in [0.2, 0.25) is 0 Å². The van der Waals surface area contributed by atoms with Crippen LogP contribution in [0.4, 0.5) is 5.69 Å². The molecule has 140 valence electrons. The Morgan fingerprint density at radius 1 is 1.27 bits per heavy atom. The van der Waals surface area contributed by atoms with E-state index < -0.39 is 0 Å². The number of hydrogen-bond donors (Lipinski definition) is 2. The predicted octanol–water partition coefficient (Wildman–Crippen LogP) is 3.70. The number of amides is 1. The van der Waals surface area contributed by atoms with E-state index in [0.717, 1.165) is 12.1 Å². The highest BCUT2D eigenvalue weighted by Crippen LogP contribution is 2.28. The molecule has 0 saturated heterocycles. The summed E-state index contributed by atoms with van der Waals surface area (Å²) in [6.07, 6.45) is 0. The Morgan fingerprint density at radius 2 is 1.92 bits per heavy atom. The molecule has 1 amide bonds. The highest BCUT2D eigenvalue weighted by molar-refractivity contribution is 6.33. The summed E-state index contributed by atoms with van der Waals surface area (Å²) in [5.41, 5.74) is 8.78. The molecule has 0 unspecified atom stereocenters.